The third-order valence-electron chi connectivity index (χ3n) is 2.34. The Morgan fingerprint density at radius 3 is 2.31 bits per heavy atom. The highest BCUT2D eigenvalue weighted by molar-refractivity contribution is 5.86. The first kappa shape index (κ1) is 10.4. The van der Waals surface area contributed by atoms with Gasteiger partial charge in [0.2, 0.25) is 0 Å². The molecule has 0 N–H and O–H groups in total. The maximum Gasteiger partial charge on any atom is 0.163 e. The number of benzene rings is 2. The molecule has 2 rings (SSSR count). The summed E-state index contributed by atoms with van der Waals surface area (Å²) in [5.74, 6) is 3.82. The lowest BCUT2D eigenvalue weighted by Crippen LogP contribution is -1.96. The Balaban J connectivity index is 2.50. The Kier molecular flexibility index (Phi) is 2.98. The van der Waals surface area contributed by atoms with Gasteiger partial charge in [0.1, 0.15) is 6.61 Å². The molecule has 0 spiro atoms. The molecular weight excluding hydrogens is 200 g/mol. The largest absolute Gasteiger partial charge is 0.493 e. The predicted molar refractivity (Wildman–Crippen MR) is 64.8 cm³/mol. The first-order chi connectivity index (χ1) is 7.85. The lowest BCUT2D eigenvalue weighted by molar-refractivity contribution is 0.332. The van der Waals surface area contributed by atoms with Gasteiger partial charge >= 0.3 is 0 Å². The summed E-state index contributed by atoms with van der Waals surface area (Å²) in [6, 6.07) is 11.9. The molecule has 0 aliphatic heterocycles. The second-order valence-electron chi connectivity index (χ2n) is 3.34. The second-order valence-corrected chi connectivity index (χ2v) is 3.34. The molecule has 0 unspecified atom stereocenters. The standard InChI is InChI=1S/C14H12O2/c1-3-8-16-14-10-12-7-5-4-6-11(12)9-13(14)15-2/h1,4-7,9-10H,8H2,2H3. The number of terminal acetylenes is 1. The van der Waals surface area contributed by atoms with Crippen LogP contribution in [0.5, 0.6) is 11.5 Å². The Morgan fingerprint density at radius 1 is 1.12 bits per heavy atom. The summed E-state index contributed by atoms with van der Waals surface area (Å²) in [4.78, 5) is 0. The van der Waals surface area contributed by atoms with Gasteiger partial charge in [0.25, 0.3) is 0 Å². The van der Waals surface area contributed by atoms with Crippen LogP contribution in [0.1, 0.15) is 0 Å². The monoisotopic (exact) mass is 212 g/mol. The molecule has 0 bridgehead atoms. The molecule has 2 nitrogen and oxygen atoms in total. The lowest BCUT2D eigenvalue weighted by Gasteiger charge is -2.10. The molecule has 80 valence electrons. The van der Waals surface area contributed by atoms with Crippen LogP contribution in [-0.4, -0.2) is 13.7 Å². The van der Waals surface area contributed by atoms with Gasteiger partial charge in [0, 0.05) is 0 Å². The highest BCUT2D eigenvalue weighted by atomic mass is 16.5. The van der Waals surface area contributed by atoms with Crippen LogP contribution in [0.4, 0.5) is 0 Å². The smallest absolute Gasteiger partial charge is 0.163 e. The van der Waals surface area contributed by atoms with Crippen molar-refractivity contribution in [2.45, 2.75) is 0 Å². The van der Waals surface area contributed by atoms with Gasteiger partial charge in [0.05, 0.1) is 7.11 Å². The fourth-order valence-electron chi connectivity index (χ4n) is 1.59. The van der Waals surface area contributed by atoms with Gasteiger partial charge in [-0.3, -0.25) is 0 Å². The van der Waals surface area contributed by atoms with Crippen LogP contribution < -0.4 is 9.47 Å². The quantitative estimate of drug-likeness (QED) is 0.728. The molecule has 0 amide bonds. The molecule has 0 heterocycles. The van der Waals surface area contributed by atoms with Gasteiger partial charge in [-0.25, -0.2) is 0 Å². The minimum Gasteiger partial charge on any atom is -0.493 e. The third kappa shape index (κ3) is 1.94. The number of methoxy groups -OCH3 is 1. The predicted octanol–water partition coefficient (Wildman–Crippen LogP) is 2.86. The molecule has 16 heavy (non-hydrogen) atoms. The summed E-state index contributed by atoms with van der Waals surface area (Å²) in [5, 5.41) is 2.22. The lowest BCUT2D eigenvalue weighted by atomic mass is 10.1. The summed E-state index contributed by atoms with van der Waals surface area (Å²) in [5.41, 5.74) is 0. The maximum atomic E-state index is 5.42. The van der Waals surface area contributed by atoms with Crippen LogP contribution in [0.2, 0.25) is 0 Å². The van der Waals surface area contributed by atoms with Gasteiger partial charge in [0.15, 0.2) is 11.5 Å². The molecule has 0 aliphatic rings. The molecule has 0 aliphatic carbocycles. The number of ether oxygens (including phenoxy) is 2. The minimum atomic E-state index is 0.245. The third-order valence-corrected chi connectivity index (χ3v) is 2.34. The van der Waals surface area contributed by atoms with Crippen molar-refractivity contribution >= 4 is 10.8 Å². The number of rotatable bonds is 3. The SMILES string of the molecule is C#CCOc1cc2ccccc2cc1OC. The van der Waals surface area contributed by atoms with E-state index in [9.17, 15) is 0 Å². The average molecular weight is 212 g/mol. The van der Waals surface area contributed by atoms with Gasteiger partial charge in [-0.1, -0.05) is 30.2 Å². The topological polar surface area (TPSA) is 18.5 Å². The van der Waals surface area contributed by atoms with Crippen LogP contribution in [-0.2, 0) is 0 Å². The molecular formula is C14H12O2. The molecule has 2 heteroatoms. The highest BCUT2D eigenvalue weighted by Gasteiger charge is 2.05. The van der Waals surface area contributed by atoms with Crippen molar-refractivity contribution in [1.29, 1.82) is 0 Å². The first-order valence-corrected chi connectivity index (χ1v) is 4.98. The summed E-state index contributed by atoms with van der Waals surface area (Å²) in [6.07, 6.45) is 5.16. The summed E-state index contributed by atoms with van der Waals surface area (Å²) in [6.45, 7) is 0.245. The van der Waals surface area contributed by atoms with Crippen molar-refractivity contribution < 1.29 is 9.47 Å². The molecule has 0 aromatic heterocycles. The normalized spacial score (nSPS) is 9.75. The maximum absolute atomic E-state index is 5.42. The van der Waals surface area contributed by atoms with Crippen molar-refractivity contribution in [1.82, 2.24) is 0 Å². The van der Waals surface area contributed by atoms with E-state index in [1.165, 1.54) is 0 Å². The molecule has 0 saturated carbocycles. The minimum absolute atomic E-state index is 0.245. The van der Waals surface area contributed by atoms with E-state index in [4.69, 9.17) is 15.9 Å². The number of hydrogen-bond donors (Lipinski definition) is 0. The van der Waals surface area contributed by atoms with Gasteiger partial charge in [-0.2, -0.15) is 0 Å². The second kappa shape index (κ2) is 4.59. The van der Waals surface area contributed by atoms with E-state index in [1.807, 2.05) is 36.4 Å². The number of fused-ring (bicyclic) bond motifs is 1. The first-order valence-electron chi connectivity index (χ1n) is 4.98. The molecule has 0 atom stereocenters. The van der Waals surface area contributed by atoms with Crippen molar-refractivity contribution in [2.75, 3.05) is 13.7 Å². The van der Waals surface area contributed by atoms with E-state index in [2.05, 4.69) is 5.92 Å². The molecule has 0 radical (unpaired) electrons. The molecule has 2 aromatic carbocycles. The van der Waals surface area contributed by atoms with Gasteiger partial charge < -0.3 is 9.47 Å². The fraction of sp³-hybridized carbons (Fsp3) is 0.143. The Labute approximate surface area is 94.8 Å². The average Bonchev–Trinajstić information content (AvgIpc) is 2.35. The van der Waals surface area contributed by atoms with Crippen LogP contribution in [0.25, 0.3) is 10.8 Å². The van der Waals surface area contributed by atoms with Gasteiger partial charge in [-0.15, -0.1) is 6.42 Å². The van der Waals surface area contributed by atoms with E-state index in [1.54, 1.807) is 7.11 Å². The van der Waals surface area contributed by atoms with Crippen molar-refractivity contribution in [3.05, 3.63) is 36.4 Å². The molecule has 0 saturated heterocycles. The van der Waals surface area contributed by atoms with Crippen molar-refractivity contribution in [3.63, 3.8) is 0 Å². The van der Waals surface area contributed by atoms with Crippen LogP contribution in [0.3, 0.4) is 0 Å². The highest BCUT2D eigenvalue weighted by Crippen LogP contribution is 2.32. The van der Waals surface area contributed by atoms with Crippen LogP contribution >= 0.6 is 0 Å². The van der Waals surface area contributed by atoms with Crippen molar-refractivity contribution in [2.24, 2.45) is 0 Å². The van der Waals surface area contributed by atoms with E-state index in [0.717, 1.165) is 10.8 Å². The zero-order valence-electron chi connectivity index (χ0n) is 9.07. The van der Waals surface area contributed by atoms with E-state index in [-0.39, 0.29) is 6.61 Å². The fourth-order valence-corrected chi connectivity index (χ4v) is 1.59. The Bertz CT molecular complexity index is 538. The van der Waals surface area contributed by atoms with Crippen molar-refractivity contribution in [3.8, 4) is 23.8 Å². The van der Waals surface area contributed by atoms with Gasteiger partial charge in [-0.05, 0) is 22.9 Å². The van der Waals surface area contributed by atoms with E-state index in [0.29, 0.717) is 11.5 Å². The van der Waals surface area contributed by atoms with E-state index >= 15 is 0 Å². The summed E-state index contributed by atoms with van der Waals surface area (Å²) in [7, 11) is 1.62. The molecule has 2 aromatic rings. The molecule has 0 fully saturated rings. The van der Waals surface area contributed by atoms with Crippen LogP contribution in [0, 0.1) is 12.3 Å². The Hall–Kier alpha value is -2.14. The number of hydrogen-bond acceptors (Lipinski definition) is 2. The van der Waals surface area contributed by atoms with E-state index < -0.39 is 0 Å². The zero-order chi connectivity index (χ0) is 11.4. The zero-order valence-corrected chi connectivity index (χ0v) is 9.07. The summed E-state index contributed by atoms with van der Waals surface area (Å²) >= 11 is 0. The summed E-state index contributed by atoms with van der Waals surface area (Å²) < 4.78 is 10.7. The van der Waals surface area contributed by atoms with Crippen LogP contribution in [0.15, 0.2) is 36.4 Å². The Morgan fingerprint density at radius 2 is 1.75 bits per heavy atom.